The van der Waals surface area contributed by atoms with E-state index in [2.05, 4.69) is 74.5 Å². The summed E-state index contributed by atoms with van der Waals surface area (Å²) in [6, 6.07) is 20.8. The summed E-state index contributed by atoms with van der Waals surface area (Å²) < 4.78 is 6.27. The molecule has 216 valence electrons. The SMILES string of the molecule is CC(=O)OC1C[C@H]2[C@@H](CCC3CCCC[C@@]32C)[C@@H]2CC[C@H](C(C=O)=CC=C(c3ccccc3)c3ccccc3)[C@@]12C. The quantitative estimate of drug-likeness (QED) is 0.156. The van der Waals surface area contributed by atoms with E-state index in [1.54, 1.807) is 6.92 Å². The zero-order valence-corrected chi connectivity index (χ0v) is 25.1. The lowest BCUT2D eigenvalue weighted by molar-refractivity contribution is -0.188. The van der Waals surface area contributed by atoms with E-state index in [-0.39, 0.29) is 23.4 Å². The van der Waals surface area contributed by atoms with Crippen LogP contribution in [0.3, 0.4) is 0 Å². The van der Waals surface area contributed by atoms with Gasteiger partial charge in [0.1, 0.15) is 12.4 Å². The molecule has 6 rings (SSSR count). The Morgan fingerprint density at radius 3 is 2.15 bits per heavy atom. The number of hydrogen-bond acceptors (Lipinski definition) is 3. The van der Waals surface area contributed by atoms with Crippen LogP contribution in [0.1, 0.15) is 89.7 Å². The highest BCUT2D eigenvalue weighted by Gasteiger charge is 2.64. The van der Waals surface area contributed by atoms with Crippen LogP contribution in [-0.2, 0) is 14.3 Å². The van der Waals surface area contributed by atoms with Crippen LogP contribution < -0.4 is 0 Å². The van der Waals surface area contributed by atoms with Gasteiger partial charge in [0.15, 0.2) is 0 Å². The molecule has 4 aliphatic carbocycles. The van der Waals surface area contributed by atoms with Gasteiger partial charge < -0.3 is 4.74 Å². The van der Waals surface area contributed by atoms with Crippen LogP contribution in [0.4, 0.5) is 0 Å². The molecular weight excluding hydrogens is 504 g/mol. The molecule has 0 amide bonds. The summed E-state index contributed by atoms with van der Waals surface area (Å²) in [4.78, 5) is 25.4. The van der Waals surface area contributed by atoms with Crippen LogP contribution in [0.5, 0.6) is 0 Å². The lowest BCUT2D eigenvalue weighted by atomic mass is 9.44. The molecule has 2 aromatic carbocycles. The Labute approximate surface area is 246 Å². The Morgan fingerprint density at radius 1 is 0.829 bits per heavy atom. The number of carbonyl (C=O) groups excluding carboxylic acids is 2. The number of esters is 1. The second-order valence-electron chi connectivity index (χ2n) is 13.8. The minimum Gasteiger partial charge on any atom is -0.462 e. The van der Waals surface area contributed by atoms with Crippen molar-refractivity contribution in [2.75, 3.05) is 0 Å². The van der Waals surface area contributed by atoms with Crippen molar-refractivity contribution in [3.8, 4) is 0 Å². The molecule has 2 unspecified atom stereocenters. The van der Waals surface area contributed by atoms with Gasteiger partial charge in [-0.1, -0.05) is 99.5 Å². The van der Waals surface area contributed by atoms with Crippen LogP contribution in [0.15, 0.2) is 78.4 Å². The molecule has 41 heavy (non-hydrogen) atoms. The molecule has 0 heterocycles. The lowest BCUT2D eigenvalue weighted by Gasteiger charge is -2.62. The van der Waals surface area contributed by atoms with Crippen LogP contribution in [0.2, 0.25) is 0 Å². The maximum atomic E-state index is 12.8. The minimum atomic E-state index is -0.231. The van der Waals surface area contributed by atoms with E-state index in [0.29, 0.717) is 23.2 Å². The highest BCUT2D eigenvalue weighted by Crippen LogP contribution is 2.68. The topological polar surface area (TPSA) is 43.4 Å². The van der Waals surface area contributed by atoms with Crippen molar-refractivity contribution >= 4 is 17.8 Å². The number of aldehydes is 1. The van der Waals surface area contributed by atoms with E-state index in [9.17, 15) is 9.59 Å². The predicted molar refractivity (Wildman–Crippen MR) is 165 cm³/mol. The molecule has 4 aliphatic rings. The molecule has 0 N–H and O–H groups in total. The van der Waals surface area contributed by atoms with Crippen molar-refractivity contribution in [3.63, 3.8) is 0 Å². The second-order valence-corrected chi connectivity index (χ2v) is 13.8. The Bertz CT molecular complexity index is 1270. The van der Waals surface area contributed by atoms with Gasteiger partial charge in [-0.2, -0.15) is 0 Å². The predicted octanol–water partition coefficient (Wildman–Crippen LogP) is 8.83. The van der Waals surface area contributed by atoms with Gasteiger partial charge in [-0.25, -0.2) is 0 Å². The third kappa shape index (κ3) is 4.94. The third-order valence-electron chi connectivity index (χ3n) is 12.1. The highest BCUT2D eigenvalue weighted by atomic mass is 16.5. The summed E-state index contributed by atoms with van der Waals surface area (Å²) in [5.41, 5.74) is 4.33. The van der Waals surface area contributed by atoms with E-state index < -0.39 is 0 Å². The van der Waals surface area contributed by atoms with E-state index in [4.69, 9.17) is 4.74 Å². The molecule has 4 saturated carbocycles. The number of hydrogen-bond donors (Lipinski definition) is 0. The standard InChI is InChI=1S/C38H46O3/c1-26(40)41-36-24-35-32(20-18-30-16-10-11-23-37(30,35)2)34-22-21-33(38(34,36)3)29(25-39)17-19-31(27-12-6-4-7-13-27)28-14-8-5-9-15-28/h4-9,12-15,17,19,25,30,32-36H,10-11,16,18,20-24H2,1-3H3/t30?,32-,33+,34-,35-,36?,37-,38+/m0/s1. The molecule has 0 saturated heterocycles. The maximum Gasteiger partial charge on any atom is 0.302 e. The molecule has 0 radical (unpaired) electrons. The minimum absolute atomic E-state index is 0.0798. The lowest BCUT2D eigenvalue weighted by Crippen LogP contribution is -2.58. The fourth-order valence-electron chi connectivity index (χ4n) is 10.2. The number of rotatable bonds is 6. The summed E-state index contributed by atoms with van der Waals surface area (Å²) in [5, 5.41) is 0. The van der Waals surface area contributed by atoms with E-state index >= 15 is 0 Å². The van der Waals surface area contributed by atoms with E-state index in [1.807, 2.05) is 12.1 Å². The van der Waals surface area contributed by atoms with Gasteiger partial charge in [-0.15, -0.1) is 0 Å². The molecule has 4 fully saturated rings. The maximum absolute atomic E-state index is 12.8. The molecule has 8 atom stereocenters. The molecule has 0 aromatic heterocycles. The average molecular weight is 551 g/mol. The normalized spacial score (nSPS) is 36.3. The van der Waals surface area contributed by atoms with Gasteiger partial charge in [-0.3, -0.25) is 9.59 Å². The summed E-state index contributed by atoms with van der Waals surface area (Å²) in [6.07, 6.45) is 16.2. The first-order valence-electron chi connectivity index (χ1n) is 16.0. The van der Waals surface area contributed by atoms with E-state index in [1.165, 1.54) is 38.5 Å². The molecule has 0 spiro atoms. The van der Waals surface area contributed by atoms with Gasteiger partial charge in [0.05, 0.1) is 0 Å². The van der Waals surface area contributed by atoms with Gasteiger partial charge in [-0.05, 0) is 102 Å². The molecule has 3 nitrogen and oxygen atoms in total. The Morgan fingerprint density at radius 2 is 1.51 bits per heavy atom. The fraction of sp³-hybridized carbons (Fsp3) is 0.526. The van der Waals surface area contributed by atoms with Crippen LogP contribution in [-0.4, -0.2) is 18.4 Å². The first-order chi connectivity index (χ1) is 19.9. The smallest absolute Gasteiger partial charge is 0.302 e. The molecular formula is C38H46O3. The van der Waals surface area contributed by atoms with Crippen molar-refractivity contribution in [1.82, 2.24) is 0 Å². The highest BCUT2D eigenvalue weighted by molar-refractivity contribution is 5.83. The molecule has 0 aliphatic heterocycles. The van der Waals surface area contributed by atoms with Gasteiger partial charge in [0.2, 0.25) is 0 Å². The van der Waals surface area contributed by atoms with Crippen LogP contribution in [0.25, 0.3) is 5.57 Å². The largest absolute Gasteiger partial charge is 0.462 e. The first-order valence-corrected chi connectivity index (χ1v) is 16.0. The van der Waals surface area contributed by atoms with Crippen molar-refractivity contribution < 1.29 is 14.3 Å². The molecule has 0 bridgehead atoms. The van der Waals surface area contributed by atoms with Crippen molar-refractivity contribution in [2.45, 2.75) is 84.7 Å². The van der Waals surface area contributed by atoms with Crippen molar-refractivity contribution in [2.24, 2.45) is 40.4 Å². The summed E-state index contributed by atoms with van der Waals surface area (Å²) in [7, 11) is 0. The fourth-order valence-corrected chi connectivity index (χ4v) is 10.2. The second kappa shape index (κ2) is 11.4. The Balaban J connectivity index is 1.38. The Kier molecular flexibility index (Phi) is 7.83. The third-order valence-corrected chi connectivity index (χ3v) is 12.1. The van der Waals surface area contributed by atoms with Gasteiger partial charge in [0.25, 0.3) is 0 Å². The molecule has 2 aromatic rings. The van der Waals surface area contributed by atoms with Gasteiger partial charge in [0, 0.05) is 12.3 Å². The number of allylic oxidation sites excluding steroid dienone is 3. The number of ether oxygens (including phenoxy) is 1. The van der Waals surface area contributed by atoms with Crippen LogP contribution >= 0.6 is 0 Å². The number of fused-ring (bicyclic) bond motifs is 5. The zero-order valence-electron chi connectivity index (χ0n) is 25.1. The number of benzene rings is 2. The molecule has 3 heteroatoms. The Hall–Kier alpha value is -2.94. The number of carbonyl (C=O) groups is 2. The summed E-state index contributed by atoms with van der Waals surface area (Å²) >= 11 is 0. The van der Waals surface area contributed by atoms with E-state index in [0.717, 1.165) is 53.7 Å². The summed E-state index contributed by atoms with van der Waals surface area (Å²) in [6.45, 7) is 6.47. The average Bonchev–Trinajstić information content (AvgIpc) is 3.34. The van der Waals surface area contributed by atoms with Crippen LogP contribution in [0, 0.1) is 40.4 Å². The van der Waals surface area contributed by atoms with Crippen molar-refractivity contribution in [1.29, 1.82) is 0 Å². The van der Waals surface area contributed by atoms with Crippen molar-refractivity contribution in [3.05, 3.63) is 89.5 Å². The zero-order chi connectivity index (χ0) is 28.6. The first kappa shape index (κ1) is 28.2. The van der Waals surface area contributed by atoms with Gasteiger partial charge >= 0.3 is 5.97 Å². The summed E-state index contributed by atoms with van der Waals surface area (Å²) in [5.74, 6) is 2.44. The monoisotopic (exact) mass is 550 g/mol.